The van der Waals surface area contributed by atoms with Crippen LogP contribution < -0.4 is 10.6 Å². The zero-order valence-corrected chi connectivity index (χ0v) is 11.0. The lowest BCUT2D eigenvalue weighted by atomic mass is 9.88. The first-order valence-corrected chi connectivity index (χ1v) is 6.20. The highest BCUT2D eigenvalue weighted by Crippen LogP contribution is 2.30. The number of nitro benzene ring substituents is 1. The molecule has 0 aliphatic carbocycles. The second-order valence-electron chi connectivity index (χ2n) is 5.22. The Morgan fingerprint density at radius 3 is 2.84 bits per heavy atom. The fraction of sp³-hybridized carbons (Fsp3) is 0.462. The largest absolute Gasteiger partial charge is 0.320 e. The summed E-state index contributed by atoms with van der Waals surface area (Å²) in [7, 11) is 0. The van der Waals surface area contributed by atoms with Crippen molar-refractivity contribution in [2.45, 2.75) is 20.3 Å². The van der Waals surface area contributed by atoms with Gasteiger partial charge in [-0.3, -0.25) is 14.9 Å². The van der Waals surface area contributed by atoms with Crippen LogP contribution in [0.5, 0.6) is 0 Å². The van der Waals surface area contributed by atoms with Gasteiger partial charge in [-0.05, 0) is 38.4 Å². The standard InChI is InChI=1S/C13H17N3O3/c1-9-3-4-10(11(7-9)16(18)19)15-12(17)13(2)5-6-14-8-13/h3-4,7,14H,5-6,8H2,1-2H3,(H,15,17). The fourth-order valence-electron chi connectivity index (χ4n) is 2.18. The Labute approximate surface area is 111 Å². The zero-order chi connectivity index (χ0) is 14.0. The first-order valence-electron chi connectivity index (χ1n) is 6.20. The van der Waals surface area contributed by atoms with Crippen molar-refractivity contribution in [1.29, 1.82) is 0 Å². The monoisotopic (exact) mass is 263 g/mol. The molecule has 19 heavy (non-hydrogen) atoms. The maximum atomic E-state index is 12.2. The van der Waals surface area contributed by atoms with Crippen LogP contribution in [0.25, 0.3) is 0 Å². The lowest BCUT2D eigenvalue weighted by Gasteiger charge is -2.21. The molecule has 0 bridgehead atoms. The van der Waals surface area contributed by atoms with E-state index in [4.69, 9.17) is 0 Å². The van der Waals surface area contributed by atoms with Crippen LogP contribution in [-0.2, 0) is 4.79 Å². The van der Waals surface area contributed by atoms with E-state index in [1.54, 1.807) is 19.1 Å². The van der Waals surface area contributed by atoms with Gasteiger partial charge in [-0.1, -0.05) is 6.07 Å². The first-order chi connectivity index (χ1) is 8.92. The molecule has 0 spiro atoms. The maximum Gasteiger partial charge on any atom is 0.293 e. The third kappa shape index (κ3) is 2.73. The molecule has 1 atom stereocenters. The van der Waals surface area contributed by atoms with Crippen molar-refractivity contribution in [3.63, 3.8) is 0 Å². The fourth-order valence-corrected chi connectivity index (χ4v) is 2.18. The van der Waals surface area contributed by atoms with Crippen molar-refractivity contribution in [1.82, 2.24) is 5.32 Å². The minimum Gasteiger partial charge on any atom is -0.320 e. The van der Waals surface area contributed by atoms with Gasteiger partial charge in [0, 0.05) is 12.6 Å². The lowest BCUT2D eigenvalue weighted by Crippen LogP contribution is -2.35. The minimum atomic E-state index is -0.501. The van der Waals surface area contributed by atoms with Gasteiger partial charge < -0.3 is 10.6 Å². The van der Waals surface area contributed by atoms with Crippen LogP contribution in [0.2, 0.25) is 0 Å². The quantitative estimate of drug-likeness (QED) is 0.643. The van der Waals surface area contributed by atoms with Crippen LogP contribution in [0, 0.1) is 22.5 Å². The Morgan fingerprint density at radius 2 is 2.26 bits per heavy atom. The van der Waals surface area contributed by atoms with E-state index < -0.39 is 10.3 Å². The van der Waals surface area contributed by atoms with Crippen molar-refractivity contribution >= 4 is 17.3 Å². The molecule has 0 radical (unpaired) electrons. The highest BCUT2D eigenvalue weighted by Gasteiger charge is 2.37. The van der Waals surface area contributed by atoms with Crippen molar-refractivity contribution in [2.75, 3.05) is 18.4 Å². The van der Waals surface area contributed by atoms with Gasteiger partial charge in [0.2, 0.25) is 5.91 Å². The molecular weight excluding hydrogens is 246 g/mol. The summed E-state index contributed by atoms with van der Waals surface area (Å²) in [6, 6.07) is 4.79. The summed E-state index contributed by atoms with van der Waals surface area (Å²) in [5.41, 5.74) is 0.480. The van der Waals surface area contributed by atoms with E-state index in [0.29, 0.717) is 6.54 Å². The van der Waals surface area contributed by atoms with Gasteiger partial charge in [-0.15, -0.1) is 0 Å². The number of nitrogens with zero attached hydrogens (tertiary/aromatic N) is 1. The molecule has 0 aromatic heterocycles. The number of hydrogen-bond acceptors (Lipinski definition) is 4. The van der Waals surface area contributed by atoms with Crippen LogP contribution in [0.4, 0.5) is 11.4 Å². The molecule has 1 fully saturated rings. The summed E-state index contributed by atoms with van der Waals surface area (Å²) in [6.07, 6.45) is 0.735. The number of rotatable bonds is 3. The van der Waals surface area contributed by atoms with Gasteiger partial charge >= 0.3 is 0 Å². The van der Waals surface area contributed by atoms with Gasteiger partial charge in [0.1, 0.15) is 5.69 Å². The van der Waals surface area contributed by atoms with Crippen LogP contribution in [0.3, 0.4) is 0 Å². The molecule has 1 heterocycles. The van der Waals surface area contributed by atoms with Gasteiger partial charge in [0.15, 0.2) is 0 Å². The van der Waals surface area contributed by atoms with Crippen molar-refractivity contribution in [3.8, 4) is 0 Å². The topological polar surface area (TPSA) is 84.3 Å². The third-order valence-corrected chi connectivity index (χ3v) is 3.52. The molecule has 1 amide bonds. The Hall–Kier alpha value is -1.95. The highest BCUT2D eigenvalue weighted by molar-refractivity contribution is 5.97. The number of anilines is 1. The molecule has 1 saturated heterocycles. The lowest BCUT2D eigenvalue weighted by molar-refractivity contribution is -0.384. The van der Waals surface area contributed by atoms with E-state index in [1.165, 1.54) is 6.07 Å². The Balaban J connectivity index is 2.23. The summed E-state index contributed by atoms with van der Waals surface area (Å²) < 4.78 is 0. The smallest absolute Gasteiger partial charge is 0.293 e. The third-order valence-electron chi connectivity index (χ3n) is 3.52. The molecular formula is C13H17N3O3. The second-order valence-corrected chi connectivity index (χ2v) is 5.22. The normalized spacial score (nSPS) is 22.2. The first kappa shape index (κ1) is 13.5. The van der Waals surface area contributed by atoms with Crippen molar-refractivity contribution in [2.24, 2.45) is 5.41 Å². The van der Waals surface area contributed by atoms with Gasteiger partial charge in [-0.2, -0.15) is 0 Å². The summed E-state index contributed by atoms with van der Waals surface area (Å²) in [5, 5.41) is 16.8. The van der Waals surface area contributed by atoms with E-state index in [-0.39, 0.29) is 17.3 Å². The highest BCUT2D eigenvalue weighted by atomic mass is 16.6. The number of nitro groups is 1. The van der Waals surface area contributed by atoms with Crippen molar-refractivity contribution in [3.05, 3.63) is 33.9 Å². The Kier molecular flexibility index (Phi) is 3.53. The molecule has 2 rings (SSSR count). The summed E-state index contributed by atoms with van der Waals surface area (Å²) in [6.45, 7) is 5.03. The summed E-state index contributed by atoms with van der Waals surface area (Å²) >= 11 is 0. The van der Waals surface area contributed by atoms with Crippen LogP contribution in [-0.4, -0.2) is 23.9 Å². The van der Waals surface area contributed by atoms with Crippen molar-refractivity contribution < 1.29 is 9.72 Å². The molecule has 1 unspecified atom stereocenters. The summed E-state index contributed by atoms with van der Waals surface area (Å²) in [5.74, 6) is -0.176. The van der Waals surface area contributed by atoms with Crippen LogP contribution in [0.15, 0.2) is 18.2 Å². The molecule has 1 aliphatic heterocycles. The van der Waals surface area contributed by atoms with Gasteiger partial charge in [0.05, 0.1) is 10.3 Å². The number of hydrogen-bond donors (Lipinski definition) is 2. The molecule has 1 aromatic rings. The molecule has 102 valence electrons. The number of nitrogens with one attached hydrogen (secondary N) is 2. The summed E-state index contributed by atoms with van der Waals surface area (Å²) in [4.78, 5) is 22.7. The SMILES string of the molecule is Cc1ccc(NC(=O)C2(C)CCNC2)c([N+](=O)[O-])c1. The average Bonchev–Trinajstić information content (AvgIpc) is 2.79. The van der Waals surface area contributed by atoms with E-state index in [1.807, 2.05) is 6.92 Å². The predicted molar refractivity (Wildman–Crippen MR) is 72.1 cm³/mol. The zero-order valence-electron chi connectivity index (χ0n) is 11.0. The minimum absolute atomic E-state index is 0.0668. The average molecular weight is 263 g/mol. The number of aryl methyl sites for hydroxylation is 1. The van der Waals surface area contributed by atoms with E-state index >= 15 is 0 Å². The molecule has 6 heteroatoms. The number of amides is 1. The maximum absolute atomic E-state index is 12.2. The molecule has 1 aromatic carbocycles. The molecule has 0 saturated carbocycles. The van der Waals surface area contributed by atoms with E-state index in [2.05, 4.69) is 10.6 Å². The number of carbonyl (C=O) groups is 1. The predicted octanol–water partition coefficient (Wildman–Crippen LogP) is 1.84. The van der Waals surface area contributed by atoms with E-state index in [9.17, 15) is 14.9 Å². The Bertz CT molecular complexity index is 522. The van der Waals surface area contributed by atoms with Crippen LogP contribution in [0.1, 0.15) is 18.9 Å². The number of benzene rings is 1. The van der Waals surface area contributed by atoms with Gasteiger partial charge in [-0.25, -0.2) is 0 Å². The second kappa shape index (κ2) is 4.97. The number of carbonyl (C=O) groups excluding carboxylic acids is 1. The molecule has 6 nitrogen and oxygen atoms in total. The Morgan fingerprint density at radius 1 is 1.53 bits per heavy atom. The van der Waals surface area contributed by atoms with Gasteiger partial charge in [0.25, 0.3) is 5.69 Å². The van der Waals surface area contributed by atoms with Crippen LogP contribution >= 0.6 is 0 Å². The van der Waals surface area contributed by atoms with E-state index in [0.717, 1.165) is 18.5 Å². The molecule has 2 N–H and O–H groups in total. The molecule has 1 aliphatic rings.